The molecule has 6 nitrogen and oxygen atoms in total. The second-order valence-corrected chi connectivity index (χ2v) is 5.41. The van der Waals surface area contributed by atoms with Crippen molar-refractivity contribution >= 4 is 11.7 Å². The minimum absolute atomic E-state index is 0.00968. The number of ether oxygens (including phenoxy) is 1. The Balaban J connectivity index is 2.23. The van der Waals surface area contributed by atoms with Gasteiger partial charge in [-0.1, -0.05) is 12.1 Å². The van der Waals surface area contributed by atoms with Gasteiger partial charge in [0, 0.05) is 25.8 Å². The number of amidine groups is 1. The summed E-state index contributed by atoms with van der Waals surface area (Å²) in [4.78, 5) is 14.8. The first-order valence-corrected chi connectivity index (χ1v) is 7.02. The highest BCUT2D eigenvalue weighted by Gasteiger charge is 2.49. The minimum atomic E-state index is -0.870. The zero-order valence-electron chi connectivity index (χ0n) is 11.5. The lowest BCUT2D eigenvalue weighted by atomic mass is 9.77. The number of nitrogens with zero attached hydrogens (tertiary/aromatic N) is 2. The highest BCUT2D eigenvalue weighted by molar-refractivity contribution is 6.07. The number of carbonyl (C=O) groups excluding carboxylic acids is 1. The molecule has 2 aliphatic rings. The summed E-state index contributed by atoms with van der Waals surface area (Å²) in [6.45, 7) is 3.76. The molecule has 2 rings (SSSR count). The molecule has 0 spiro atoms. The van der Waals surface area contributed by atoms with Crippen LogP contribution in [0.25, 0.3) is 0 Å². The van der Waals surface area contributed by atoms with Gasteiger partial charge in [0.15, 0.2) is 5.84 Å². The number of hydrogen-bond acceptors (Lipinski definition) is 4. The van der Waals surface area contributed by atoms with E-state index in [9.17, 15) is 4.79 Å². The van der Waals surface area contributed by atoms with Crippen molar-refractivity contribution in [2.45, 2.75) is 45.1 Å². The normalized spacial score (nSPS) is 23.1. The van der Waals surface area contributed by atoms with E-state index in [4.69, 9.17) is 15.7 Å². The first-order valence-electron chi connectivity index (χ1n) is 7.02. The average Bonchev–Trinajstić information content (AvgIpc) is 3.28. The lowest BCUT2D eigenvalue weighted by Crippen LogP contribution is -2.54. The van der Waals surface area contributed by atoms with Crippen LogP contribution in [0.2, 0.25) is 0 Å². The van der Waals surface area contributed by atoms with Crippen LogP contribution >= 0.6 is 0 Å². The molecule has 0 aromatic heterocycles. The Hall–Kier alpha value is -1.30. The van der Waals surface area contributed by atoms with Gasteiger partial charge in [0.05, 0.1) is 0 Å². The Labute approximate surface area is 113 Å². The van der Waals surface area contributed by atoms with Gasteiger partial charge in [-0.25, -0.2) is 0 Å². The van der Waals surface area contributed by atoms with Crippen LogP contribution in [0.15, 0.2) is 5.16 Å². The van der Waals surface area contributed by atoms with Crippen LogP contribution in [-0.4, -0.2) is 47.7 Å². The lowest BCUT2D eigenvalue weighted by molar-refractivity contribution is -0.143. The molecule has 19 heavy (non-hydrogen) atoms. The molecule has 6 heteroatoms. The molecule has 0 atom stereocenters. The maximum Gasteiger partial charge on any atom is 0.236 e. The minimum Gasteiger partial charge on any atom is -0.409 e. The van der Waals surface area contributed by atoms with Gasteiger partial charge >= 0.3 is 0 Å². The summed E-state index contributed by atoms with van der Waals surface area (Å²) in [5.41, 5.74) is 4.96. The van der Waals surface area contributed by atoms with Gasteiger partial charge in [-0.2, -0.15) is 0 Å². The maximum absolute atomic E-state index is 12.9. The van der Waals surface area contributed by atoms with Crippen molar-refractivity contribution < 1.29 is 14.7 Å². The van der Waals surface area contributed by atoms with Crippen LogP contribution < -0.4 is 5.73 Å². The number of carbonyl (C=O) groups is 1. The second-order valence-electron chi connectivity index (χ2n) is 5.41. The summed E-state index contributed by atoms with van der Waals surface area (Å²) in [6, 6.07) is 0.346. The van der Waals surface area contributed by atoms with Crippen LogP contribution in [-0.2, 0) is 9.53 Å². The third-order valence-electron chi connectivity index (χ3n) is 4.07. The summed E-state index contributed by atoms with van der Waals surface area (Å²) < 4.78 is 5.32. The van der Waals surface area contributed by atoms with E-state index in [2.05, 4.69) is 12.1 Å². The molecule has 1 heterocycles. The van der Waals surface area contributed by atoms with Crippen LogP contribution in [0.4, 0.5) is 0 Å². The highest BCUT2D eigenvalue weighted by atomic mass is 16.5. The monoisotopic (exact) mass is 269 g/mol. The molecule has 0 bridgehead atoms. The largest absolute Gasteiger partial charge is 0.409 e. The van der Waals surface area contributed by atoms with Gasteiger partial charge in [0.1, 0.15) is 5.41 Å². The molecule has 0 unspecified atom stereocenters. The van der Waals surface area contributed by atoms with Crippen molar-refractivity contribution in [3.8, 4) is 0 Å². The Kier molecular flexibility index (Phi) is 4.29. The lowest BCUT2D eigenvalue weighted by Gasteiger charge is -2.38. The van der Waals surface area contributed by atoms with Gasteiger partial charge in [0.2, 0.25) is 5.91 Å². The molecule has 2 fully saturated rings. The van der Waals surface area contributed by atoms with Gasteiger partial charge in [-0.15, -0.1) is 0 Å². The number of hydrogen-bond donors (Lipinski definition) is 2. The third-order valence-corrected chi connectivity index (χ3v) is 4.07. The topological polar surface area (TPSA) is 88.2 Å². The summed E-state index contributed by atoms with van der Waals surface area (Å²) in [5, 5.41) is 12.1. The fourth-order valence-electron chi connectivity index (χ4n) is 2.75. The van der Waals surface area contributed by atoms with Gasteiger partial charge in [-0.05, 0) is 32.1 Å². The molecule has 0 radical (unpaired) electrons. The van der Waals surface area contributed by atoms with Gasteiger partial charge in [-0.3, -0.25) is 4.79 Å². The Morgan fingerprint density at radius 1 is 1.47 bits per heavy atom. The Morgan fingerprint density at radius 2 is 2.11 bits per heavy atom. The summed E-state index contributed by atoms with van der Waals surface area (Å²) in [7, 11) is 0. The molecule has 1 saturated carbocycles. The standard InChI is InChI=1S/C13H23N3O3/c1-2-7-16(10-3-4-10)12(17)13(11(14)15-18)5-8-19-9-6-13/h10,18H,2-9H2,1H3,(H2,14,15). The third kappa shape index (κ3) is 2.68. The van der Waals surface area contributed by atoms with E-state index in [-0.39, 0.29) is 11.7 Å². The summed E-state index contributed by atoms with van der Waals surface area (Å²) in [6.07, 6.45) is 4.04. The fraction of sp³-hybridized carbons (Fsp3) is 0.846. The second kappa shape index (κ2) is 5.77. The van der Waals surface area contributed by atoms with Crippen molar-refractivity contribution in [3.63, 3.8) is 0 Å². The van der Waals surface area contributed by atoms with Crippen LogP contribution in [0, 0.1) is 5.41 Å². The molecule has 1 aliphatic carbocycles. The van der Waals surface area contributed by atoms with Crippen molar-refractivity contribution in [1.29, 1.82) is 0 Å². The molecular formula is C13H23N3O3. The predicted molar refractivity (Wildman–Crippen MR) is 70.9 cm³/mol. The quantitative estimate of drug-likeness (QED) is 0.336. The van der Waals surface area contributed by atoms with Crippen molar-refractivity contribution in [3.05, 3.63) is 0 Å². The molecular weight excluding hydrogens is 246 g/mol. The number of oxime groups is 1. The first-order chi connectivity index (χ1) is 9.15. The van der Waals surface area contributed by atoms with E-state index in [1.807, 2.05) is 4.90 Å². The fourth-order valence-corrected chi connectivity index (χ4v) is 2.75. The van der Waals surface area contributed by atoms with E-state index in [0.29, 0.717) is 32.1 Å². The molecule has 1 amide bonds. The summed E-state index contributed by atoms with van der Waals surface area (Å²) in [5.74, 6) is 0.0398. The Morgan fingerprint density at radius 3 is 2.58 bits per heavy atom. The zero-order chi connectivity index (χ0) is 13.9. The summed E-state index contributed by atoms with van der Waals surface area (Å²) >= 11 is 0. The Bertz CT molecular complexity index is 360. The van der Waals surface area contributed by atoms with Gasteiger partial charge < -0.3 is 20.6 Å². The number of rotatable bonds is 5. The van der Waals surface area contributed by atoms with Crippen LogP contribution in [0.1, 0.15) is 39.0 Å². The molecule has 0 aromatic rings. The average molecular weight is 269 g/mol. The van der Waals surface area contributed by atoms with E-state index in [0.717, 1.165) is 25.8 Å². The molecule has 1 aliphatic heterocycles. The van der Waals surface area contributed by atoms with Crippen LogP contribution in [0.3, 0.4) is 0 Å². The van der Waals surface area contributed by atoms with Crippen molar-refractivity contribution in [2.24, 2.45) is 16.3 Å². The zero-order valence-corrected chi connectivity index (χ0v) is 11.5. The van der Waals surface area contributed by atoms with Gasteiger partial charge in [0.25, 0.3) is 0 Å². The number of nitrogens with two attached hydrogens (primary N) is 1. The maximum atomic E-state index is 12.9. The van der Waals surface area contributed by atoms with Crippen molar-refractivity contribution in [1.82, 2.24) is 4.90 Å². The van der Waals surface area contributed by atoms with Crippen molar-refractivity contribution in [2.75, 3.05) is 19.8 Å². The highest BCUT2D eigenvalue weighted by Crippen LogP contribution is 2.37. The molecule has 0 aromatic carbocycles. The number of amides is 1. The molecule has 3 N–H and O–H groups in total. The van der Waals surface area contributed by atoms with E-state index < -0.39 is 5.41 Å². The van der Waals surface area contributed by atoms with E-state index in [1.165, 1.54) is 0 Å². The smallest absolute Gasteiger partial charge is 0.236 e. The molecule has 1 saturated heterocycles. The van der Waals surface area contributed by atoms with Crippen LogP contribution in [0.5, 0.6) is 0 Å². The SMILES string of the molecule is CCCN(C(=O)C1(C(N)=NO)CCOCC1)C1CC1. The van der Waals surface area contributed by atoms with E-state index in [1.54, 1.807) is 0 Å². The predicted octanol–water partition coefficient (Wildman–Crippen LogP) is 0.931. The first kappa shape index (κ1) is 14.1. The van der Waals surface area contributed by atoms with E-state index >= 15 is 0 Å². The molecule has 108 valence electrons.